The molecule has 0 saturated carbocycles. The Hall–Kier alpha value is -8.22. The van der Waals surface area contributed by atoms with Gasteiger partial charge in [-0.15, -0.1) is 0 Å². The van der Waals surface area contributed by atoms with Crippen LogP contribution in [0.1, 0.15) is 25.0 Å². The summed E-state index contributed by atoms with van der Waals surface area (Å²) in [5.74, 6) is -0.603. The summed E-state index contributed by atoms with van der Waals surface area (Å²) in [6.07, 6.45) is 0. The van der Waals surface area contributed by atoms with Gasteiger partial charge in [-0.3, -0.25) is 0 Å². The van der Waals surface area contributed by atoms with E-state index in [1.165, 1.54) is 35.4 Å². The molecule has 310 valence electrons. The van der Waals surface area contributed by atoms with Gasteiger partial charge in [0.1, 0.15) is 22.8 Å². The normalized spacial score (nSPS) is 13.0. The highest BCUT2D eigenvalue weighted by Gasteiger charge is 2.41. The molecule has 0 spiro atoms. The van der Waals surface area contributed by atoms with Crippen molar-refractivity contribution in [2.75, 3.05) is 9.80 Å². The third-order valence-electron chi connectivity index (χ3n) is 13.5. The van der Waals surface area contributed by atoms with Crippen molar-refractivity contribution in [2.24, 2.45) is 0 Å². The van der Waals surface area contributed by atoms with Crippen LogP contribution in [0.2, 0.25) is 0 Å². The number of benzene rings is 10. The van der Waals surface area contributed by atoms with E-state index in [0.717, 1.165) is 111 Å². The molecule has 10 aromatic carbocycles. The van der Waals surface area contributed by atoms with Crippen LogP contribution in [0.15, 0.2) is 203 Å². The van der Waals surface area contributed by atoms with Gasteiger partial charge in [0.25, 0.3) is 0 Å². The molecule has 0 unspecified atom stereocenters. The van der Waals surface area contributed by atoms with E-state index in [1.807, 2.05) is 60.7 Å². The van der Waals surface area contributed by atoms with E-state index >= 15 is 0 Å². The summed E-state index contributed by atoms with van der Waals surface area (Å²) in [6.45, 7) is 4.64. The molecule has 0 atom stereocenters. The van der Waals surface area contributed by atoms with E-state index < -0.39 is 5.41 Å². The zero-order chi connectivity index (χ0) is 43.6. The Morgan fingerprint density at radius 1 is 0.415 bits per heavy atom. The first kappa shape index (κ1) is 37.3. The van der Waals surface area contributed by atoms with Crippen molar-refractivity contribution in [3.63, 3.8) is 0 Å². The lowest BCUT2D eigenvalue weighted by atomic mass is 9.79. The highest BCUT2D eigenvalue weighted by Crippen LogP contribution is 2.59. The summed E-state index contributed by atoms with van der Waals surface area (Å²) >= 11 is 0. The number of hydrogen-bond donors (Lipinski definition) is 0. The number of rotatable bonds is 6. The van der Waals surface area contributed by atoms with Crippen molar-refractivity contribution < 1.29 is 17.6 Å². The molecule has 6 heteroatoms. The van der Waals surface area contributed by atoms with Crippen molar-refractivity contribution in [2.45, 2.75) is 19.3 Å². The number of halogens is 2. The number of nitrogens with zero attached hydrogens (tertiary/aromatic N) is 2. The fraction of sp³-hybridized carbons (Fsp3) is 0.0508. The van der Waals surface area contributed by atoms with Gasteiger partial charge in [-0.25, -0.2) is 8.78 Å². The minimum Gasteiger partial charge on any atom is -0.454 e. The molecular formula is C59H38F2N2O2. The molecule has 0 aliphatic heterocycles. The molecule has 0 radical (unpaired) electrons. The van der Waals surface area contributed by atoms with Gasteiger partial charge in [0.15, 0.2) is 11.2 Å². The summed E-state index contributed by atoms with van der Waals surface area (Å²) in [5.41, 5.74) is 12.6. The molecule has 1 aliphatic carbocycles. The number of anilines is 6. The molecule has 4 nitrogen and oxygen atoms in total. The molecule has 0 N–H and O–H groups in total. The molecule has 0 amide bonds. The fourth-order valence-electron chi connectivity index (χ4n) is 10.6. The zero-order valence-electron chi connectivity index (χ0n) is 35.4. The largest absolute Gasteiger partial charge is 0.454 e. The van der Waals surface area contributed by atoms with Crippen LogP contribution < -0.4 is 9.80 Å². The maximum absolute atomic E-state index is 14.8. The van der Waals surface area contributed by atoms with E-state index in [-0.39, 0.29) is 11.6 Å². The van der Waals surface area contributed by atoms with Gasteiger partial charge >= 0.3 is 0 Å². The van der Waals surface area contributed by atoms with Crippen molar-refractivity contribution in [3.05, 3.63) is 217 Å². The topological polar surface area (TPSA) is 32.8 Å². The molecule has 0 saturated heterocycles. The third kappa shape index (κ3) is 5.53. The average Bonchev–Trinajstić information content (AvgIpc) is 3.98. The molecule has 0 fully saturated rings. The maximum Gasteiger partial charge on any atom is 0.159 e. The molecule has 13 rings (SSSR count). The lowest BCUT2D eigenvalue weighted by molar-refractivity contribution is 0.627. The van der Waals surface area contributed by atoms with Gasteiger partial charge in [0, 0.05) is 55.0 Å². The van der Waals surface area contributed by atoms with Gasteiger partial charge in [0.2, 0.25) is 0 Å². The van der Waals surface area contributed by atoms with Crippen LogP contribution in [0.5, 0.6) is 0 Å². The van der Waals surface area contributed by atoms with Crippen LogP contribution in [0, 0.1) is 11.6 Å². The summed E-state index contributed by atoms with van der Waals surface area (Å²) in [4.78, 5) is 4.42. The molecule has 1 aliphatic rings. The van der Waals surface area contributed by atoms with Crippen LogP contribution in [0.4, 0.5) is 42.9 Å². The van der Waals surface area contributed by atoms with Crippen molar-refractivity contribution in [1.82, 2.24) is 0 Å². The fourth-order valence-corrected chi connectivity index (χ4v) is 10.6. The summed E-state index contributed by atoms with van der Waals surface area (Å²) in [7, 11) is 0. The van der Waals surface area contributed by atoms with E-state index in [9.17, 15) is 8.78 Å². The Kier molecular flexibility index (Phi) is 7.98. The van der Waals surface area contributed by atoms with Crippen LogP contribution in [0.3, 0.4) is 0 Å². The Bertz CT molecular complexity index is 3900. The second kappa shape index (κ2) is 13.9. The number of para-hydroxylation sites is 4. The minimum absolute atomic E-state index is 0.300. The molecule has 65 heavy (non-hydrogen) atoms. The Morgan fingerprint density at radius 3 is 1.55 bits per heavy atom. The Morgan fingerprint density at radius 2 is 0.923 bits per heavy atom. The highest BCUT2D eigenvalue weighted by molar-refractivity contribution is 6.16. The minimum atomic E-state index is -0.430. The lowest BCUT2D eigenvalue weighted by Gasteiger charge is -2.30. The van der Waals surface area contributed by atoms with Gasteiger partial charge in [-0.05, 0) is 124 Å². The van der Waals surface area contributed by atoms with E-state index in [4.69, 9.17) is 8.83 Å². The zero-order valence-corrected chi connectivity index (χ0v) is 35.4. The lowest BCUT2D eigenvalue weighted by Crippen LogP contribution is -2.17. The summed E-state index contributed by atoms with van der Waals surface area (Å²) in [5, 5.41) is 8.48. The van der Waals surface area contributed by atoms with Crippen molar-refractivity contribution in [3.8, 4) is 11.1 Å². The molecule has 2 aromatic heterocycles. The van der Waals surface area contributed by atoms with Crippen LogP contribution in [-0.2, 0) is 5.41 Å². The molecule has 2 heterocycles. The van der Waals surface area contributed by atoms with Gasteiger partial charge in [-0.2, -0.15) is 0 Å². The second-order valence-corrected chi connectivity index (χ2v) is 17.5. The third-order valence-corrected chi connectivity index (χ3v) is 13.5. The maximum atomic E-state index is 14.8. The van der Waals surface area contributed by atoms with Gasteiger partial charge in [0.05, 0.1) is 17.1 Å². The smallest absolute Gasteiger partial charge is 0.159 e. The van der Waals surface area contributed by atoms with Crippen LogP contribution in [0.25, 0.3) is 76.5 Å². The quantitative estimate of drug-likeness (QED) is 0.167. The summed E-state index contributed by atoms with van der Waals surface area (Å²) < 4.78 is 42.6. The van der Waals surface area contributed by atoms with Crippen LogP contribution >= 0.6 is 0 Å². The number of hydrogen-bond acceptors (Lipinski definition) is 4. The van der Waals surface area contributed by atoms with E-state index in [2.05, 4.69) is 133 Å². The SMILES string of the molecule is CC1(C)c2cc3ccccc3c(N(c3ccc(F)cc3)c3cccc4c3oc3ccccc34)c2-c2ccc3cc(N(c4ccc(F)cc4)c4cccc5c4oc4ccccc45)ccc3c21. The second-order valence-electron chi connectivity index (χ2n) is 17.5. The number of fused-ring (bicyclic) bond motifs is 12. The predicted octanol–water partition coefficient (Wildman–Crippen LogP) is 17.3. The standard InChI is InChI=1S/C59H38F2N2O2/c1-59(2)49-34-35-11-3-4-12-43(35)56(63(40-28-24-38(61)25-29-40)51-18-10-16-47-45-14-6-8-20-53(45)65-58(47)51)54(49)48-31-21-36-33-41(30-32-42(36)55(48)59)62(39-26-22-37(60)23-27-39)50-17-9-15-46-44-13-5-7-19-52(44)64-57(46)50/h3-34H,1-2H3. The van der Waals surface area contributed by atoms with E-state index in [1.54, 1.807) is 0 Å². The van der Waals surface area contributed by atoms with Crippen molar-refractivity contribution >= 4 is 99.5 Å². The number of furan rings is 2. The van der Waals surface area contributed by atoms with Gasteiger partial charge in [-0.1, -0.05) is 117 Å². The monoisotopic (exact) mass is 844 g/mol. The molecular weight excluding hydrogens is 807 g/mol. The average molecular weight is 845 g/mol. The predicted molar refractivity (Wildman–Crippen MR) is 263 cm³/mol. The Balaban J connectivity index is 1.05. The summed E-state index contributed by atoms with van der Waals surface area (Å²) in [6, 6.07) is 64.1. The van der Waals surface area contributed by atoms with Crippen LogP contribution in [-0.4, -0.2) is 0 Å². The Labute approximate surface area is 372 Å². The first-order valence-electron chi connectivity index (χ1n) is 21.9. The first-order chi connectivity index (χ1) is 31.8. The van der Waals surface area contributed by atoms with Crippen molar-refractivity contribution in [1.29, 1.82) is 0 Å². The highest BCUT2D eigenvalue weighted by atomic mass is 19.1. The molecule has 0 bridgehead atoms. The molecule has 12 aromatic rings. The van der Waals surface area contributed by atoms with E-state index in [0.29, 0.717) is 0 Å². The van der Waals surface area contributed by atoms with Gasteiger partial charge < -0.3 is 18.6 Å². The first-order valence-corrected chi connectivity index (χ1v) is 21.9.